The Morgan fingerprint density at radius 2 is 1.91 bits per heavy atom. The largest absolute Gasteiger partial charge is 0.545 e. The molecule has 0 radical (unpaired) electrons. The minimum Gasteiger partial charge on any atom is -0.545 e. The quantitative estimate of drug-likeness (QED) is 0.264. The van der Waals surface area contributed by atoms with E-state index in [0.29, 0.717) is 43.4 Å². The Bertz CT molecular complexity index is 2130. The fourth-order valence-electron chi connectivity index (χ4n) is 5.31. The second kappa shape index (κ2) is 11.2. The molecule has 1 atom stereocenters. The number of benzene rings is 3. The van der Waals surface area contributed by atoms with Crippen LogP contribution in [0.4, 0.5) is 0 Å². The molecule has 0 bridgehead atoms. The van der Waals surface area contributed by atoms with Gasteiger partial charge in [0.1, 0.15) is 23.3 Å². The highest BCUT2D eigenvalue weighted by Gasteiger charge is 2.36. The van der Waals surface area contributed by atoms with Crippen molar-refractivity contribution in [1.29, 1.82) is 0 Å². The zero-order valence-electron chi connectivity index (χ0n) is 23.5. The molecule has 0 unspecified atom stereocenters. The zero-order valence-corrected chi connectivity index (χ0v) is 24.3. The summed E-state index contributed by atoms with van der Waals surface area (Å²) < 4.78 is 19.0. The SMILES string of the molecule is CCOC(=O)C1=C(C)N=c2s/c(=C\c3ccc(-c4cccc(C(=O)[O-])c4)o3)c(=O)n2[C@H]1c1c(OC)ccc2ccccc12. The maximum absolute atomic E-state index is 14.1. The molecule has 1 aliphatic heterocycles. The lowest BCUT2D eigenvalue weighted by Crippen LogP contribution is -2.40. The Labute approximate surface area is 249 Å². The van der Waals surface area contributed by atoms with Gasteiger partial charge in [0.05, 0.1) is 35.5 Å². The van der Waals surface area contributed by atoms with Crippen LogP contribution in [0.25, 0.3) is 28.2 Å². The number of ether oxygens (including phenoxy) is 2. The predicted octanol–water partition coefficient (Wildman–Crippen LogP) is 3.58. The summed E-state index contributed by atoms with van der Waals surface area (Å²) in [6.07, 6.45) is 1.61. The van der Waals surface area contributed by atoms with Gasteiger partial charge >= 0.3 is 5.97 Å². The van der Waals surface area contributed by atoms with Crippen molar-refractivity contribution in [2.75, 3.05) is 13.7 Å². The lowest BCUT2D eigenvalue weighted by molar-refractivity contribution is -0.255. The molecule has 3 aromatic carbocycles. The van der Waals surface area contributed by atoms with Gasteiger partial charge in [-0.05, 0) is 54.4 Å². The maximum Gasteiger partial charge on any atom is 0.338 e. The summed E-state index contributed by atoms with van der Waals surface area (Å²) in [4.78, 5) is 43.9. The topological polar surface area (TPSA) is 123 Å². The summed E-state index contributed by atoms with van der Waals surface area (Å²) in [6.45, 7) is 3.61. The summed E-state index contributed by atoms with van der Waals surface area (Å²) in [5.74, 6) is -0.512. The summed E-state index contributed by atoms with van der Waals surface area (Å²) in [5, 5.41) is 13.0. The molecule has 0 spiro atoms. The van der Waals surface area contributed by atoms with Gasteiger partial charge in [0.15, 0.2) is 4.80 Å². The van der Waals surface area contributed by atoms with Crippen molar-refractivity contribution in [3.8, 4) is 17.1 Å². The number of hydrogen-bond donors (Lipinski definition) is 0. The van der Waals surface area contributed by atoms with Crippen LogP contribution in [0.3, 0.4) is 0 Å². The Morgan fingerprint density at radius 3 is 2.67 bits per heavy atom. The number of carboxylic acid groups (broad SMARTS) is 1. The predicted molar refractivity (Wildman–Crippen MR) is 159 cm³/mol. The molecule has 2 aromatic heterocycles. The Morgan fingerprint density at radius 1 is 1.09 bits per heavy atom. The fourth-order valence-corrected chi connectivity index (χ4v) is 6.34. The first kappa shape index (κ1) is 27.9. The third-order valence-electron chi connectivity index (χ3n) is 7.22. The summed E-state index contributed by atoms with van der Waals surface area (Å²) >= 11 is 1.17. The van der Waals surface area contributed by atoms with Crippen LogP contribution in [-0.2, 0) is 9.53 Å². The number of nitrogens with zero attached hydrogens (tertiary/aromatic N) is 2. The highest BCUT2D eigenvalue weighted by molar-refractivity contribution is 7.07. The van der Waals surface area contributed by atoms with Gasteiger partial charge in [0.2, 0.25) is 0 Å². The number of allylic oxidation sites excluding steroid dienone is 1. The van der Waals surface area contributed by atoms with E-state index >= 15 is 0 Å². The minimum absolute atomic E-state index is 0.0281. The number of methoxy groups -OCH3 is 1. The molecule has 3 heterocycles. The molecule has 6 rings (SSSR count). The van der Waals surface area contributed by atoms with Gasteiger partial charge in [-0.2, -0.15) is 0 Å². The Kier molecular flexibility index (Phi) is 7.29. The molecule has 43 heavy (non-hydrogen) atoms. The van der Waals surface area contributed by atoms with E-state index < -0.39 is 18.0 Å². The number of hydrogen-bond acceptors (Lipinski definition) is 9. The highest BCUT2D eigenvalue weighted by Crippen LogP contribution is 2.40. The van der Waals surface area contributed by atoms with Crippen molar-refractivity contribution >= 4 is 40.1 Å². The molecule has 0 saturated heterocycles. The van der Waals surface area contributed by atoms with Crippen molar-refractivity contribution in [1.82, 2.24) is 4.57 Å². The number of esters is 1. The molecule has 0 N–H and O–H groups in total. The molecule has 0 amide bonds. The second-order valence-corrected chi connectivity index (χ2v) is 10.8. The monoisotopic (exact) mass is 593 g/mol. The third-order valence-corrected chi connectivity index (χ3v) is 8.21. The minimum atomic E-state index is -1.29. The Balaban J connectivity index is 1.54. The van der Waals surface area contributed by atoms with E-state index in [4.69, 9.17) is 13.9 Å². The molecule has 10 heteroatoms. The van der Waals surface area contributed by atoms with E-state index in [1.54, 1.807) is 51.3 Å². The van der Waals surface area contributed by atoms with Crippen LogP contribution >= 0.6 is 11.3 Å². The van der Waals surface area contributed by atoms with E-state index in [-0.39, 0.29) is 23.3 Å². The normalized spacial score (nSPS) is 14.9. The van der Waals surface area contributed by atoms with Gasteiger partial charge in [-0.1, -0.05) is 59.9 Å². The lowest BCUT2D eigenvalue weighted by Gasteiger charge is -2.27. The van der Waals surface area contributed by atoms with E-state index in [1.807, 2.05) is 36.4 Å². The first-order valence-corrected chi connectivity index (χ1v) is 14.3. The van der Waals surface area contributed by atoms with E-state index in [9.17, 15) is 19.5 Å². The van der Waals surface area contributed by atoms with Crippen molar-refractivity contribution < 1.29 is 28.6 Å². The summed E-state index contributed by atoms with van der Waals surface area (Å²) in [5.41, 5.74) is 1.57. The molecule has 1 aliphatic rings. The molecule has 0 saturated carbocycles. The van der Waals surface area contributed by atoms with Gasteiger partial charge < -0.3 is 23.8 Å². The summed E-state index contributed by atoms with van der Waals surface area (Å²) in [7, 11) is 1.55. The van der Waals surface area contributed by atoms with Gasteiger partial charge in [0.25, 0.3) is 5.56 Å². The highest BCUT2D eigenvalue weighted by atomic mass is 32.1. The standard InChI is InChI=1S/C33H26N2O7S/c1-4-41-32(39)27-18(2)34-33-35(29(27)28-23-11-6-5-8-19(23)12-14-25(28)40-3)30(36)26(43-33)17-22-13-15-24(42-22)20-9-7-10-21(16-20)31(37)38/h5-17,29H,4H2,1-3H3,(H,37,38)/p-1/b26-17-/t29-/m1/s1. The first-order chi connectivity index (χ1) is 20.8. The number of thiazole rings is 1. The summed E-state index contributed by atoms with van der Waals surface area (Å²) in [6, 6.07) is 20.2. The van der Waals surface area contributed by atoms with Crippen LogP contribution in [-0.4, -0.2) is 30.2 Å². The fraction of sp³-hybridized carbons (Fsp3) is 0.152. The second-order valence-electron chi connectivity index (χ2n) is 9.78. The van der Waals surface area contributed by atoms with Crippen LogP contribution in [0.2, 0.25) is 0 Å². The molecule has 5 aromatic rings. The number of aromatic carboxylic acids is 1. The number of furan rings is 1. The van der Waals surface area contributed by atoms with Crippen LogP contribution in [0, 0.1) is 0 Å². The average Bonchev–Trinajstić information content (AvgIpc) is 3.60. The number of aromatic nitrogens is 1. The van der Waals surface area contributed by atoms with E-state index in [0.717, 1.165) is 10.8 Å². The van der Waals surface area contributed by atoms with Crippen LogP contribution in [0.1, 0.15) is 41.6 Å². The van der Waals surface area contributed by atoms with Crippen molar-refractivity contribution in [2.24, 2.45) is 4.99 Å². The van der Waals surface area contributed by atoms with Gasteiger partial charge in [-0.15, -0.1) is 0 Å². The van der Waals surface area contributed by atoms with E-state index in [1.165, 1.54) is 28.0 Å². The van der Waals surface area contributed by atoms with Crippen LogP contribution in [0.5, 0.6) is 5.75 Å². The molecular weight excluding hydrogens is 568 g/mol. The van der Waals surface area contributed by atoms with E-state index in [2.05, 4.69) is 4.99 Å². The zero-order chi connectivity index (χ0) is 30.2. The molecular formula is C33H25N2O7S-. The molecule has 0 aliphatic carbocycles. The maximum atomic E-state index is 14.1. The smallest absolute Gasteiger partial charge is 0.338 e. The van der Waals surface area contributed by atoms with Gasteiger partial charge in [-0.3, -0.25) is 9.36 Å². The first-order valence-electron chi connectivity index (χ1n) is 13.5. The number of rotatable bonds is 7. The van der Waals surface area contributed by atoms with Crippen molar-refractivity contribution in [2.45, 2.75) is 19.9 Å². The van der Waals surface area contributed by atoms with Crippen molar-refractivity contribution in [3.63, 3.8) is 0 Å². The number of carbonyl (C=O) groups is 2. The average molecular weight is 594 g/mol. The third kappa shape index (κ3) is 4.95. The van der Waals surface area contributed by atoms with Crippen LogP contribution in [0.15, 0.2) is 98.3 Å². The Hall–Kier alpha value is -5.22. The number of carbonyl (C=O) groups excluding carboxylic acids is 2. The van der Waals surface area contributed by atoms with Gasteiger partial charge in [0, 0.05) is 17.2 Å². The lowest BCUT2D eigenvalue weighted by atomic mass is 9.90. The molecule has 0 fully saturated rings. The number of carboxylic acids is 1. The number of fused-ring (bicyclic) bond motifs is 2. The van der Waals surface area contributed by atoms with Crippen molar-refractivity contribution in [3.05, 3.63) is 121 Å². The van der Waals surface area contributed by atoms with Crippen LogP contribution < -0.4 is 24.7 Å². The van der Waals surface area contributed by atoms with Gasteiger partial charge in [-0.25, -0.2) is 9.79 Å². The molecule has 216 valence electrons. The molecule has 9 nitrogen and oxygen atoms in total.